The second kappa shape index (κ2) is 5.65. The lowest BCUT2D eigenvalue weighted by Crippen LogP contribution is -2.71. The van der Waals surface area contributed by atoms with Crippen LogP contribution in [-0.4, -0.2) is 32.4 Å². The minimum absolute atomic E-state index is 0.272. The molecule has 1 saturated carbocycles. The summed E-state index contributed by atoms with van der Waals surface area (Å²) in [5, 5.41) is 0. The second-order valence-corrected chi connectivity index (χ2v) is 12.3. The maximum atomic E-state index is 14.0. The Bertz CT molecular complexity index is 619. The first kappa shape index (κ1) is 20.0. The third kappa shape index (κ3) is 2.89. The zero-order valence-electron chi connectivity index (χ0n) is 15.3. The molecular weight excluding hydrogens is 395 g/mol. The van der Waals surface area contributed by atoms with Gasteiger partial charge in [-0.3, -0.25) is 0 Å². The molecule has 0 aromatic rings. The molecule has 2 rings (SSSR count). The molecule has 4 atom stereocenters. The maximum Gasteiger partial charge on any atom is 0.425 e. The van der Waals surface area contributed by atoms with Crippen molar-refractivity contribution in [2.45, 2.75) is 57.1 Å². The topological polar surface area (TPSA) is 9.23 Å². The molecule has 2 bridgehead atoms. The maximum absolute atomic E-state index is 14.0. The molecule has 0 spiro atoms. The average molecular weight is 415 g/mol. The van der Waals surface area contributed by atoms with E-state index < -0.39 is 62.0 Å². The predicted molar refractivity (Wildman–Crippen MR) is 77.7 cm³/mol. The van der Waals surface area contributed by atoms with Crippen LogP contribution in [0.1, 0.15) is 14.7 Å². The molecule has 2 aliphatic rings. The molecule has 0 amide bonds. The Morgan fingerprint density at radius 2 is 1.42 bits per heavy atom. The van der Waals surface area contributed by atoms with Crippen LogP contribution in [0.3, 0.4) is 0 Å². The van der Waals surface area contributed by atoms with E-state index in [0.717, 1.165) is 31.8 Å². The summed E-state index contributed by atoms with van der Waals surface area (Å²) >= 11 is 0. The Hall–Kier alpha value is -0.713. The number of hydrogen-bond donors (Lipinski definition) is 0. The zero-order valence-corrected chi connectivity index (χ0v) is 15.3. The molecule has 0 N–H and O–H groups in total. The minimum Gasteiger partial charge on any atom is -0.397 e. The van der Waals surface area contributed by atoms with E-state index in [9.17, 15) is 39.5 Å². The lowest BCUT2D eigenvalue weighted by Gasteiger charge is -2.52. The molecule has 0 aliphatic heterocycles. The summed E-state index contributed by atoms with van der Waals surface area (Å²) in [6.07, 6.45) is -16.9. The Labute approximate surface area is 147 Å². The summed E-state index contributed by atoms with van der Waals surface area (Å²) < 4.78 is 139. The Morgan fingerprint density at radius 3 is 1.77 bits per heavy atom. The van der Waals surface area contributed by atoms with Crippen molar-refractivity contribution >= 4 is 8.32 Å². The van der Waals surface area contributed by atoms with E-state index in [-0.39, 0.29) is 6.92 Å². The fraction of sp³-hybridized carbons (Fsp3) is 0.867. The van der Waals surface area contributed by atoms with E-state index in [0.29, 0.717) is 0 Å². The van der Waals surface area contributed by atoms with Gasteiger partial charge < -0.3 is 4.43 Å². The van der Waals surface area contributed by atoms with Crippen molar-refractivity contribution in [3.05, 3.63) is 12.2 Å². The molecule has 26 heavy (non-hydrogen) atoms. The lowest BCUT2D eigenvalue weighted by atomic mass is 9.62. The Balaban J connectivity index is 2.96. The molecule has 152 valence electrons. The first-order valence-corrected chi connectivity index (χ1v) is 11.2. The predicted octanol–water partition coefficient (Wildman–Crippen LogP) is 6.09. The van der Waals surface area contributed by atoms with Gasteiger partial charge in [-0.25, -0.2) is 0 Å². The summed E-state index contributed by atoms with van der Waals surface area (Å²) in [7, 11) is -3.73. The molecule has 0 aromatic heterocycles. The smallest absolute Gasteiger partial charge is 0.397 e. The highest BCUT2D eigenvalue weighted by Crippen LogP contribution is 2.70. The molecular formula is C15H19F9OSi. The fourth-order valence-corrected chi connectivity index (χ4v) is 5.27. The summed E-state index contributed by atoms with van der Waals surface area (Å²) in [6, 6.07) is 0. The highest BCUT2D eigenvalue weighted by Gasteiger charge is 2.84. The Morgan fingerprint density at radius 1 is 0.962 bits per heavy atom. The van der Waals surface area contributed by atoms with Crippen molar-refractivity contribution in [1.29, 1.82) is 0 Å². The first-order valence-electron chi connectivity index (χ1n) is 8.25. The van der Waals surface area contributed by atoms with Crippen molar-refractivity contribution in [2.24, 2.45) is 23.1 Å². The third-order valence-electron chi connectivity index (χ3n) is 4.98. The van der Waals surface area contributed by atoms with Gasteiger partial charge in [0.1, 0.15) is 0 Å². The highest BCUT2D eigenvalue weighted by atomic mass is 28.4. The second-order valence-electron chi connectivity index (χ2n) is 7.84. The number of rotatable bonds is 3. The lowest BCUT2D eigenvalue weighted by molar-refractivity contribution is -0.400. The van der Waals surface area contributed by atoms with Crippen LogP contribution in [0.5, 0.6) is 0 Å². The molecule has 1 fully saturated rings. The molecule has 0 radical (unpaired) electrons. The number of fused-ring (bicyclic) bond motifs is 2. The van der Waals surface area contributed by atoms with Gasteiger partial charge in [0.25, 0.3) is 5.60 Å². The number of halogens is 9. The highest BCUT2D eigenvalue weighted by molar-refractivity contribution is 6.69. The van der Waals surface area contributed by atoms with Gasteiger partial charge in [-0.15, -0.1) is 0 Å². The van der Waals surface area contributed by atoms with Crippen LogP contribution in [0, 0.1) is 23.1 Å². The van der Waals surface area contributed by atoms with E-state index in [1.807, 2.05) is 0 Å². The molecule has 0 heterocycles. The molecule has 4 unspecified atom stereocenters. The van der Waals surface area contributed by atoms with Crippen molar-refractivity contribution in [2.75, 3.05) is 0 Å². The van der Waals surface area contributed by atoms with Crippen molar-refractivity contribution < 1.29 is 45.3 Å². The van der Waals surface area contributed by atoms with Crippen LogP contribution in [-0.2, 0) is 4.43 Å². The standard InChI is InChI=1S/C15H19F9OSi/c1-11(13(16,17)18)9-6-5-8(7-9)10(11)12(14(19,20)21,15(22,23)24)25-26(2,3)4/h5-6,8-10H,7H2,1-4H3/i10D. The molecule has 0 aromatic carbocycles. The van der Waals surface area contributed by atoms with Gasteiger partial charge in [0.05, 0.1) is 5.41 Å². The van der Waals surface area contributed by atoms with Gasteiger partial charge in [0.15, 0.2) is 8.32 Å². The van der Waals surface area contributed by atoms with Crippen LogP contribution >= 0.6 is 0 Å². The van der Waals surface area contributed by atoms with Crippen molar-refractivity contribution in [1.82, 2.24) is 0 Å². The van der Waals surface area contributed by atoms with E-state index in [4.69, 9.17) is 1.37 Å². The monoisotopic (exact) mass is 415 g/mol. The fourth-order valence-electron chi connectivity index (χ4n) is 4.01. The number of hydrogen-bond acceptors (Lipinski definition) is 1. The average Bonchev–Trinajstić information content (AvgIpc) is 2.94. The summed E-state index contributed by atoms with van der Waals surface area (Å²) in [5.74, 6) is -7.64. The summed E-state index contributed by atoms with van der Waals surface area (Å²) in [4.78, 5) is 0. The van der Waals surface area contributed by atoms with E-state index in [1.165, 1.54) is 0 Å². The van der Waals surface area contributed by atoms with Gasteiger partial charge >= 0.3 is 18.5 Å². The van der Waals surface area contributed by atoms with E-state index >= 15 is 0 Å². The van der Waals surface area contributed by atoms with Gasteiger partial charge in [0, 0.05) is 7.26 Å². The van der Waals surface area contributed by atoms with Crippen LogP contribution < -0.4 is 0 Å². The quantitative estimate of drug-likeness (QED) is 0.308. The van der Waals surface area contributed by atoms with Gasteiger partial charge in [-0.05, 0) is 44.8 Å². The van der Waals surface area contributed by atoms with Crippen molar-refractivity contribution in [3.63, 3.8) is 0 Å². The van der Waals surface area contributed by atoms with Crippen LogP contribution in [0.15, 0.2) is 12.2 Å². The van der Waals surface area contributed by atoms with Crippen LogP contribution in [0.4, 0.5) is 39.5 Å². The van der Waals surface area contributed by atoms with Gasteiger partial charge in [0.2, 0.25) is 0 Å². The van der Waals surface area contributed by atoms with Gasteiger partial charge in [-0.1, -0.05) is 12.2 Å². The van der Waals surface area contributed by atoms with Crippen molar-refractivity contribution in [3.8, 4) is 0 Å². The molecule has 0 saturated heterocycles. The third-order valence-corrected chi connectivity index (χ3v) is 5.90. The normalized spacial score (nSPS) is 36.6. The van der Waals surface area contributed by atoms with E-state index in [1.54, 1.807) is 0 Å². The van der Waals surface area contributed by atoms with Crippen LogP contribution in [0.2, 0.25) is 19.6 Å². The number of allylic oxidation sites excluding steroid dienone is 2. The molecule has 1 nitrogen and oxygen atoms in total. The zero-order chi connectivity index (χ0) is 21.5. The van der Waals surface area contributed by atoms with Gasteiger partial charge in [-0.2, -0.15) is 39.5 Å². The minimum atomic E-state index is -6.28. The molecule has 2 aliphatic carbocycles. The summed E-state index contributed by atoms with van der Waals surface area (Å²) in [5.41, 5.74) is -8.87. The Kier molecular flexibility index (Phi) is 4.35. The largest absolute Gasteiger partial charge is 0.425 e. The number of alkyl halides is 9. The molecule has 11 heteroatoms. The summed E-state index contributed by atoms with van der Waals surface area (Å²) in [6.45, 7) is 3.30. The van der Waals surface area contributed by atoms with Crippen LogP contribution in [0.25, 0.3) is 0 Å². The van der Waals surface area contributed by atoms with E-state index in [2.05, 4.69) is 4.43 Å². The SMILES string of the molecule is [2H]C1(C(O[Si](C)(C)C)(C(F)(F)F)C(F)(F)F)C2C=CC(C2)C1(C)C(F)(F)F. The first-order chi connectivity index (χ1) is 11.7.